The molecule has 1 aliphatic carbocycles. The second-order valence-electron chi connectivity index (χ2n) is 9.98. The first-order chi connectivity index (χ1) is 19.1. The van der Waals surface area contributed by atoms with Crippen molar-refractivity contribution < 1.29 is 14.2 Å². The molecule has 39 heavy (non-hydrogen) atoms. The number of fused-ring (bicyclic) bond motifs is 2. The van der Waals surface area contributed by atoms with Gasteiger partial charge in [-0.05, 0) is 62.1 Å². The lowest BCUT2D eigenvalue weighted by Crippen LogP contribution is -2.19. The second kappa shape index (κ2) is 9.50. The molecule has 5 aromatic heterocycles. The van der Waals surface area contributed by atoms with E-state index in [4.69, 9.17) is 4.74 Å². The summed E-state index contributed by atoms with van der Waals surface area (Å²) in [5.74, 6) is 0.0777. The molecular weight excluding hydrogens is 495 g/mol. The van der Waals surface area contributed by atoms with E-state index in [2.05, 4.69) is 30.1 Å². The molecule has 5 heterocycles. The molecular formula is C30H25FN6O2. The van der Waals surface area contributed by atoms with Crippen LogP contribution in [-0.2, 0) is 0 Å². The first-order valence-corrected chi connectivity index (χ1v) is 13.0. The first-order valence-electron chi connectivity index (χ1n) is 13.0. The van der Waals surface area contributed by atoms with E-state index in [0.29, 0.717) is 11.3 Å². The Morgan fingerprint density at radius 2 is 1.72 bits per heavy atom. The summed E-state index contributed by atoms with van der Waals surface area (Å²) in [5, 5.41) is 19.2. The van der Waals surface area contributed by atoms with Gasteiger partial charge in [-0.3, -0.25) is 20.1 Å². The van der Waals surface area contributed by atoms with E-state index in [1.54, 1.807) is 24.8 Å². The maximum absolute atomic E-state index is 14.0. The number of halogens is 1. The number of hydrogen-bond donors (Lipinski definition) is 3. The standard InChI is InChI=1S/C30H25FN6O2/c31-19-8-17(9-20(38)11-19)29-23-13-27(35-25(23)6-7-33-29)30-24-12-26(34-16-28(24)36-37-30)18-10-22(15-32-14-18)39-21-4-2-1-3-5-21/h6-16,21,35,38H,1-5H2,(H,36,37). The molecule has 194 valence electrons. The zero-order valence-corrected chi connectivity index (χ0v) is 21.0. The van der Waals surface area contributed by atoms with Crippen molar-refractivity contribution >= 4 is 21.8 Å². The van der Waals surface area contributed by atoms with Crippen LogP contribution in [0.3, 0.4) is 0 Å². The van der Waals surface area contributed by atoms with Gasteiger partial charge in [0.2, 0.25) is 0 Å². The molecule has 0 spiro atoms. The summed E-state index contributed by atoms with van der Waals surface area (Å²) in [6, 6.07) is 11.7. The van der Waals surface area contributed by atoms with Gasteiger partial charge >= 0.3 is 0 Å². The summed E-state index contributed by atoms with van der Waals surface area (Å²) in [4.78, 5) is 16.9. The quantitative estimate of drug-likeness (QED) is 0.231. The molecule has 1 aromatic carbocycles. The number of H-pyrrole nitrogens is 2. The number of nitrogens with one attached hydrogen (secondary N) is 2. The zero-order chi connectivity index (χ0) is 26.3. The monoisotopic (exact) mass is 520 g/mol. The third kappa shape index (κ3) is 4.46. The van der Waals surface area contributed by atoms with E-state index < -0.39 is 5.82 Å². The van der Waals surface area contributed by atoms with E-state index in [1.807, 2.05) is 24.3 Å². The number of benzene rings is 1. The van der Waals surface area contributed by atoms with Crippen LogP contribution < -0.4 is 4.74 Å². The van der Waals surface area contributed by atoms with Crippen molar-refractivity contribution in [3.05, 3.63) is 73.1 Å². The number of hydrogen-bond acceptors (Lipinski definition) is 6. The predicted octanol–water partition coefficient (Wildman–Crippen LogP) is 6.79. The first kappa shape index (κ1) is 23.3. The fourth-order valence-electron chi connectivity index (χ4n) is 5.40. The molecule has 0 atom stereocenters. The molecule has 6 aromatic rings. The van der Waals surface area contributed by atoms with Crippen molar-refractivity contribution in [3.63, 3.8) is 0 Å². The van der Waals surface area contributed by atoms with Gasteiger partial charge in [-0.15, -0.1) is 0 Å². The molecule has 7 rings (SSSR count). The largest absolute Gasteiger partial charge is 0.508 e. The Bertz CT molecular complexity index is 1800. The van der Waals surface area contributed by atoms with Gasteiger partial charge in [-0.1, -0.05) is 6.42 Å². The van der Waals surface area contributed by atoms with Crippen molar-refractivity contribution in [1.29, 1.82) is 0 Å². The Morgan fingerprint density at radius 1 is 0.846 bits per heavy atom. The summed E-state index contributed by atoms with van der Waals surface area (Å²) >= 11 is 0. The normalized spacial score (nSPS) is 14.3. The maximum Gasteiger partial charge on any atom is 0.138 e. The Morgan fingerprint density at radius 3 is 2.59 bits per heavy atom. The highest BCUT2D eigenvalue weighted by Gasteiger charge is 2.18. The number of pyridine rings is 3. The van der Waals surface area contributed by atoms with E-state index in [1.165, 1.54) is 31.4 Å². The number of aromatic hydroxyl groups is 1. The molecule has 1 fully saturated rings. The molecule has 0 unspecified atom stereocenters. The lowest BCUT2D eigenvalue weighted by molar-refractivity contribution is 0.154. The number of ether oxygens (including phenoxy) is 1. The van der Waals surface area contributed by atoms with Gasteiger partial charge in [0, 0.05) is 45.9 Å². The number of rotatable bonds is 5. The smallest absolute Gasteiger partial charge is 0.138 e. The van der Waals surface area contributed by atoms with Crippen LogP contribution >= 0.6 is 0 Å². The van der Waals surface area contributed by atoms with E-state index in [-0.39, 0.29) is 11.9 Å². The number of aromatic amines is 2. The number of nitrogens with zero attached hydrogens (tertiary/aromatic N) is 4. The molecule has 3 N–H and O–H groups in total. The highest BCUT2D eigenvalue weighted by molar-refractivity contribution is 6.00. The van der Waals surface area contributed by atoms with Gasteiger partial charge in [0.25, 0.3) is 0 Å². The van der Waals surface area contributed by atoms with Crippen LogP contribution in [0, 0.1) is 5.82 Å². The van der Waals surface area contributed by atoms with Gasteiger partial charge in [-0.2, -0.15) is 5.10 Å². The van der Waals surface area contributed by atoms with Gasteiger partial charge in [0.15, 0.2) is 0 Å². The van der Waals surface area contributed by atoms with Gasteiger partial charge in [-0.25, -0.2) is 4.39 Å². The summed E-state index contributed by atoms with van der Waals surface area (Å²) in [7, 11) is 0. The number of phenolic OH excluding ortho intramolecular Hbond substituents is 1. The van der Waals surface area contributed by atoms with Crippen LogP contribution in [0.5, 0.6) is 11.5 Å². The van der Waals surface area contributed by atoms with Gasteiger partial charge in [0.05, 0.1) is 41.1 Å². The molecule has 1 aliphatic rings. The fraction of sp³-hybridized carbons (Fsp3) is 0.200. The summed E-state index contributed by atoms with van der Waals surface area (Å²) in [5.41, 5.74) is 5.80. The third-order valence-electron chi connectivity index (χ3n) is 7.27. The van der Waals surface area contributed by atoms with Crippen LogP contribution in [0.1, 0.15) is 32.1 Å². The van der Waals surface area contributed by atoms with Crippen molar-refractivity contribution in [3.8, 4) is 45.4 Å². The lowest BCUT2D eigenvalue weighted by Gasteiger charge is -2.22. The zero-order valence-electron chi connectivity index (χ0n) is 21.0. The second-order valence-corrected chi connectivity index (χ2v) is 9.98. The molecule has 0 amide bonds. The van der Waals surface area contributed by atoms with Gasteiger partial charge in [0.1, 0.15) is 23.0 Å². The molecule has 0 radical (unpaired) electrons. The van der Waals surface area contributed by atoms with E-state index in [0.717, 1.165) is 69.1 Å². The SMILES string of the molecule is Oc1cc(F)cc(-c2nccc3[nH]c(-c4n[nH]c5cnc(-c6cncc(OC7CCCCC7)c6)cc45)cc23)c1. The highest BCUT2D eigenvalue weighted by Crippen LogP contribution is 2.35. The lowest BCUT2D eigenvalue weighted by atomic mass is 9.98. The third-order valence-corrected chi connectivity index (χ3v) is 7.27. The van der Waals surface area contributed by atoms with Crippen molar-refractivity contribution in [2.24, 2.45) is 0 Å². The maximum atomic E-state index is 14.0. The molecule has 1 saturated carbocycles. The highest BCUT2D eigenvalue weighted by atomic mass is 19.1. The van der Waals surface area contributed by atoms with Crippen LogP contribution in [0.4, 0.5) is 4.39 Å². The van der Waals surface area contributed by atoms with Crippen LogP contribution in [0.15, 0.2) is 67.3 Å². The topological polar surface area (TPSA) is 113 Å². The molecule has 8 nitrogen and oxygen atoms in total. The van der Waals surface area contributed by atoms with Crippen molar-refractivity contribution in [1.82, 2.24) is 30.1 Å². The minimum absolute atomic E-state index is 0.152. The predicted molar refractivity (Wildman–Crippen MR) is 147 cm³/mol. The Balaban J connectivity index is 1.26. The van der Waals surface area contributed by atoms with Crippen LogP contribution in [0.2, 0.25) is 0 Å². The number of phenols is 1. The minimum atomic E-state index is -0.527. The number of aromatic nitrogens is 6. The summed E-state index contributed by atoms with van der Waals surface area (Å²) in [6.45, 7) is 0. The molecule has 0 bridgehead atoms. The Kier molecular flexibility index (Phi) is 5.69. The van der Waals surface area contributed by atoms with Crippen LogP contribution in [-0.4, -0.2) is 41.3 Å². The average molecular weight is 521 g/mol. The van der Waals surface area contributed by atoms with Crippen molar-refractivity contribution in [2.75, 3.05) is 0 Å². The summed E-state index contributed by atoms with van der Waals surface area (Å²) in [6.07, 6.45) is 13.0. The van der Waals surface area contributed by atoms with E-state index >= 15 is 0 Å². The minimum Gasteiger partial charge on any atom is -0.508 e. The fourth-order valence-corrected chi connectivity index (χ4v) is 5.40. The van der Waals surface area contributed by atoms with Crippen molar-refractivity contribution in [2.45, 2.75) is 38.2 Å². The Hall–Kier alpha value is -4.79. The van der Waals surface area contributed by atoms with E-state index in [9.17, 15) is 9.50 Å². The Labute approximate surface area is 222 Å². The average Bonchev–Trinajstić information content (AvgIpc) is 3.57. The van der Waals surface area contributed by atoms with Crippen LogP contribution in [0.25, 0.3) is 55.7 Å². The molecule has 0 saturated heterocycles. The summed E-state index contributed by atoms with van der Waals surface area (Å²) < 4.78 is 20.2. The van der Waals surface area contributed by atoms with Gasteiger partial charge < -0.3 is 14.8 Å². The molecule has 0 aliphatic heterocycles. The molecule has 9 heteroatoms.